The molecule has 4 rings (SSSR count). The van der Waals surface area contributed by atoms with Gasteiger partial charge >= 0.3 is 0 Å². The van der Waals surface area contributed by atoms with Crippen LogP contribution in [0.3, 0.4) is 0 Å². The summed E-state index contributed by atoms with van der Waals surface area (Å²) < 4.78 is 61.1. The van der Waals surface area contributed by atoms with E-state index in [2.05, 4.69) is 30.1 Å². The molecule has 3 aromatic rings. The van der Waals surface area contributed by atoms with Gasteiger partial charge in [-0.2, -0.15) is 4.98 Å². The smallest absolute Gasteiger partial charge is 0.242 e. The van der Waals surface area contributed by atoms with E-state index >= 15 is 0 Å². The minimum absolute atomic E-state index is 0.0668. The van der Waals surface area contributed by atoms with E-state index < -0.39 is 45.0 Å². The molecule has 0 aromatic carbocycles. The van der Waals surface area contributed by atoms with Crippen molar-refractivity contribution in [2.45, 2.75) is 62.9 Å². The van der Waals surface area contributed by atoms with Crippen molar-refractivity contribution in [3.63, 3.8) is 0 Å². The number of sulfone groups is 1. The highest BCUT2D eigenvalue weighted by atomic mass is 35.5. The molecule has 0 bridgehead atoms. The quantitative estimate of drug-likeness (QED) is 0.398. The molecule has 0 aliphatic heterocycles. The molecule has 1 aliphatic rings. The van der Waals surface area contributed by atoms with Crippen molar-refractivity contribution in [1.29, 1.82) is 0 Å². The molecule has 4 atom stereocenters. The Morgan fingerprint density at radius 2 is 1.83 bits per heavy atom. The van der Waals surface area contributed by atoms with E-state index in [1.54, 1.807) is 20.8 Å². The van der Waals surface area contributed by atoms with Crippen LogP contribution in [0, 0.1) is 12.8 Å². The van der Waals surface area contributed by atoms with Gasteiger partial charge in [0.05, 0.1) is 23.1 Å². The van der Waals surface area contributed by atoms with E-state index in [9.17, 15) is 17.2 Å². The lowest BCUT2D eigenvalue weighted by Crippen LogP contribution is -2.32. The van der Waals surface area contributed by atoms with E-state index in [1.165, 1.54) is 30.4 Å². The molecular formula is C22H26ClF2N7O3S. The number of hydrogen-bond donors (Lipinski definition) is 0. The predicted octanol–water partition coefficient (Wildman–Crippen LogP) is 3.68. The van der Waals surface area contributed by atoms with Crippen LogP contribution in [0.5, 0.6) is 5.88 Å². The number of hydrogen-bond acceptors (Lipinski definition) is 9. The normalized spacial score (nSPS) is 19.7. The van der Waals surface area contributed by atoms with Crippen LogP contribution in [0.1, 0.15) is 61.7 Å². The monoisotopic (exact) mass is 541 g/mol. The van der Waals surface area contributed by atoms with E-state index in [1.807, 2.05) is 0 Å². The van der Waals surface area contributed by atoms with Crippen LogP contribution < -0.4 is 4.74 Å². The highest BCUT2D eigenvalue weighted by Gasteiger charge is 2.43. The summed E-state index contributed by atoms with van der Waals surface area (Å²) >= 11 is 5.85. The Kier molecular flexibility index (Phi) is 7.51. The number of rotatable bonds is 9. The van der Waals surface area contributed by atoms with Crippen molar-refractivity contribution in [3.8, 4) is 11.6 Å². The largest absolute Gasteiger partial charge is 0.479 e. The molecule has 1 fully saturated rings. The number of nitrogens with zero attached hydrogens (tertiary/aromatic N) is 7. The third-order valence-corrected chi connectivity index (χ3v) is 9.17. The van der Waals surface area contributed by atoms with Crippen LogP contribution in [0.25, 0.3) is 5.69 Å². The molecule has 36 heavy (non-hydrogen) atoms. The topological polar surface area (TPSA) is 126 Å². The molecule has 0 N–H and O–H groups in total. The van der Waals surface area contributed by atoms with Gasteiger partial charge in [0, 0.05) is 30.1 Å². The molecule has 10 nitrogen and oxygen atoms in total. The summed E-state index contributed by atoms with van der Waals surface area (Å²) in [7, 11) is -2.42. The van der Waals surface area contributed by atoms with E-state index in [4.69, 9.17) is 16.3 Å². The van der Waals surface area contributed by atoms with Crippen LogP contribution in [0.15, 0.2) is 18.7 Å². The molecule has 0 saturated heterocycles. The molecule has 0 spiro atoms. The van der Waals surface area contributed by atoms with Crippen molar-refractivity contribution in [3.05, 3.63) is 46.9 Å². The second kappa shape index (κ2) is 10.3. The lowest BCUT2D eigenvalue weighted by Gasteiger charge is -2.35. The highest BCUT2D eigenvalue weighted by molar-refractivity contribution is 7.91. The molecular weight excluding hydrogens is 516 g/mol. The van der Waals surface area contributed by atoms with E-state index in [0.717, 1.165) is 0 Å². The standard InChI is InChI=1S/C22H26ClF2N7O3S/c1-11(20-26-7-14(23)8-27-20)13(3)36(33,34)9-17-30-31-21(16-6-5-15(16)19(24)25)32(17)18-12(2)28-10-29-22(18)35-4/h7-8,10-11,13,15-16,19H,5-6,9H2,1-4H3/t11-,13-,15+,16-/m0/s1. The summed E-state index contributed by atoms with van der Waals surface area (Å²) in [4.78, 5) is 16.6. The Labute approximate surface area is 212 Å². The minimum Gasteiger partial charge on any atom is -0.479 e. The first-order chi connectivity index (χ1) is 17.0. The van der Waals surface area contributed by atoms with E-state index in [0.29, 0.717) is 35.1 Å². The van der Waals surface area contributed by atoms with Gasteiger partial charge in [-0.15, -0.1) is 10.2 Å². The Balaban J connectivity index is 1.76. The summed E-state index contributed by atoms with van der Waals surface area (Å²) in [6, 6.07) is 0. The average molecular weight is 542 g/mol. The maximum absolute atomic E-state index is 13.6. The first kappa shape index (κ1) is 26.3. The molecule has 1 aliphatic carbocycles. The van der Waals surface area contributed by atoms with Gasteiger partial charge in [-0.05, 0) is 26.7 Å². The first-order valence-electron chi connectivity index (χ1n) is 11.3. The molecule has 14 heteroatoms. The fraction of sp³-hybridized carbons (Fsp3) is 0.545. The molecule has 3 heterocycles. The lowest BCUT2D eigenvalue weighted by atomic mass is 9.73. The molecule has 0 radical (unpaired) electrons. The summed E-state index contributed by atoms with van der Waals surface area (Å²) in [5, 5.41) is 7.78. The Morgan fingerprint density at radius 3 is 2.42 bits per heavy atom. The summed E-state index contributed by atoms with van der Waals surface area (Å²) in [6.07, 6.45) is 2.42. The van der Waals surface area contributed by atoms with Gasteiger partial charge in [-0.25, -0.2) is 32.2 Å². The summed E-state index contributed by atoms with van der Waals surface area (Å²) in [6.45, 7) is 4.97. The van der Waals surface area contributed by atoms with Crippen molar-refractivity contribution >= 4 is 21.4 Å². The first-order valence-corrected chi connectivity index (χ1v) is 13.4. The zero-order valence-electron chi connectivity index (χ0n) is 20.1. The second-order valence-corrected chi connectivity index (χ2v) is 11.7. The maximum atomic E-state index is 13.6. The van der Waals surface area contributed by atoms with Gasteiger partial charge < -0.3 is 4.74 Å². The molecule has 194 valence electrons. The van der Waals surface area contributed by atoms with Gasteiger partial charge in [0.25, 0.3) is 0 Å². The third-order valence-electron chi connectivity index (χ3n) is 6.78. The molecule has 0 unspecified atom stereocenters. The number of methoxy groups -OCH3 is 1. The van der Waals surface area contributed by atoms with Crippen LogP contribution in [-0.4, -0.2) is 61.9 Å². The number of ether oxygens (including phenoxy) is 1. The SMILES string of the molecule is COc1ncnc(C)c1-n1c(CS(=O)(=O)[C@@H](C)[C@H](C)c2ncc(Cl)cn2)nnc1[C@H]1CC[C@H]1C(F)F. The van der Waals surface area contributed by atoms with Crippen LogP contribution in [0.4, 0.5) is 8.78 Å². The van der Waals surface area contributed by atoms with Gasteiger partial charge in [-0.1, -0.05) is 18.5 Å². The van der Waals surface area contributed by atoms with Crippen molar-refractivity contribution in [1.82, 2.24) is 34.7 Å². The fourth-order valence-electron chi connectivity index (χ4n) is 4.30. The third kappa shape index (κ3) is 4.90. The van der Waals surface area contributed by atoms with Gasteiger partial charge in [-0.3, -0.25) is 4.57 Å². The Hall–Kier alpha value is -2.80. The summed E-state index contributed by atoms with van der Waals surface area (Å²) in [5.74, 6) is -1.72. The zero-order valence-corrected chi connectivity index (χ0v) is 21.7. The number of aryl methyl sites for hydroxylation is 1. The van der Waals surface area contributed by atoms with Gasteiger partial charge in [0.1, 0.15) is 29.4 Å². The van der Waals surface area contributed by atoms with Crippen molar-refractivity contribution in [2.24, 2.45) is 5.92 Å². The van der Waals surface area contributed by atoms with Crippen LogP contribution >= 0.6 is 11.6 Å². The predicted molar refractivity (Wildman–Crippen MR) is 127 cm³/mol. The number of halogens is 3. The van der Waals surface area contributed by atoms with E-state index in [-0.39, 0.29) is 17.5 Å². The zero-order chi connectivity index (χ0) is 26.2. The fourth-order valence-corrected chi connectivity index (χ4v) is 5.95. The second-order valence-electron chi connectivity index (χ2n) is 8.87. The van der Waals surface area contributed by atoms with Crippen molar-refractivity contribution in [2.75, 3.05) is 7.11 Å². The maximum Gasteiger partial charge on any atom is 0.242 e. The average Bonchev–Trinajstić information content (AvgIpc) is 3.18. The van der Waals surface area contributed by atoms with Crippen molar-refractivity contribution < 1.29 is 21.9 Å². The Bertz CT molecular complexity index is 1340. The lowest BCUT2D eigenvalue weighted by molar-refractivity contribution is 0.0138. The highest BCUT2D eigenvalue weighted by Crippen LogP contribution is 2.46. The molecule has 1 saturated carbocycles. The molecule has 3 aromatic heterocycles. The van der Waals surface area contributed by atoms with Gasteiger partial charge in [0.15, 0.2) is 15.7 Å². The summed E-state index contributed by atoms with van der Waals surface area (Å²) in [5.41, 5.74) is 0.789. The number of alkyl halides is 2. The number of aromatic nitrogens is 7. The van der Waals surface area contributed by atoms with Crippen LogP contribution in [0.2, 0.25) is 5.02 Å². The minimum atomic E-state index is -3.83. The molecule has 0 amide bonds. The van der Waals surface area contributed by atoms with Gasteiger partial charge in [0.2, 0.25) is 12.3 Å². The van der Waals surface area contributed by atoms with Crippen LogP contribution in [-0.2, 0) is 15.6 Å². The Morgan fingerprint density at radius 1 is 1.14 bits per heavy atom.